The molecule has 0 atom stereocenters. The molecule has 0 fully saturated rings. The molecular formula is C31H39N5O5. The molecule has 1 aromatic heterocycles. The van der Waals surface area contributed by atoms with Crippen LogP contribution in [0.15, 0.2) is 47.5 Å². The Hall–Kier alpha value is -4.73. The van der Waals surface area contributed by atoms with Gasteiger partial charge in [-0.1, -0.05) is 30.7 Å². The van der Waals surface area contributed by atoms with Gasteiger partial charge in [0.05, 0.1) is 46.4 Å². The van der Waals surface area contributed by atoms with Crippen molar-refractivity contribution in [3.8, 4) is 29.0 Å². The van der Waals surface area contributed by atoms with E-state index in [1.807, 2.05) is 66.8 Å². The lowest BCUT2D eigenvalue weighted by atomic mass is 10.1. The van der Waals surface area contributed by atoms with Gasteiger partial charge in [-0.3, -0.25) is 4.99 Å². The van der Waals surface area contributed by atoms with Crippen molar-refractivity contribution >= 4 is 30.3 Å². The molecule has 4 N–H and O–H groups in total. The summed E-state index contributed by atoms with van der Waals surface area (Å²) in [5.41, 5.74) is 14.0. The van der Waals surface area contributed by atoms with Gasteiger partial charge in [0.1, 0.15) is 0 Å². The van der Waals surface area contributed by atoms with Crippen LogP contribution in [0.2, 0.25) is 0 Å². The number of guanidine groups is 1. The van der Waals surface area contributed by atoms with Crippen LogP contribution in [0.25, 0.3) is 24.3 Å². The molecule has 0 aliphatic carbocycles. The third-order valence-electron chi connectivity index (χ3n) is 6.03. The number of aliphatic imine (C=N–C) groups is 1. The van der Waals surface area contributed by atoms with E-state index < -0.39 is 0 Å². The minimum Gasteiger partial charge on any atom is -0.493 e. The lowest BCUT2D eigenvalue weighted by molar-refractivity contribution is 0.281. The zero-order chi connectivity index (χ0) is 29.5. The van der Waals surface area contributed by atoms with E-state index in [-0.39, 0.29) is 5.96 Å². The Morgan fingerprint density at radius 3 is 1.66 bits per heavy atom. The first-order valence-corrected chi connectivity index (χ1v) is 13.3. The Morgan fingerprint density at radius 2 is 1.17 bits per heavy atom. The van der Waals surface area contributed by atoms with Gasteiger partial charge >= 0.3 is 6.01 Å². The van der Waals surface area contributed by atoms with Crippen LogP contribution in [0.5, 0.6) is 29.0 Å². The van der Waals surface area contributed by atoms with Crippen molar-refractivity contribution in [3.63, 3.8) is 0 Å². The van der Waals surface area contributed by atoms with E-state index in [1.54, 1.807) is 28.4 Å². The summed E-state index contributed by atoms with van der Waals surface area (Å²) >= 11 is 0. The number of hydrogen-bond acceptors (Lipinski definition) is 8. The Balaban J connectivity index is 1.77. The maximum Gasteiger partial charge on any atom is 0.317 e. The molecular weight excluding hydrogens is 522 g/mol. The molecule has 0 saturated heterocycles. The third kappa shape index (κ3) is 10.1. The number of ether oxygens (including phenoxy) is 5. The molecule has 41 heavy (non-hydrogen) atoms. The summed E-state index contributed by atoms with van der Waals surface area (Å²) in [5, 5.41) is 0. The van der Waals surface area contributed by atoms with Gasteiger partial charge in [0.2, 0.25) is 0 Å². The highest BCUT2D eigenvalue weighted by Gasteiger charge is 2.07. The molecule has 0 radical (unpaired) electrons. The topological polar surface area (TPSA) is 136 Å². The molecule has 0 aliphatic rings. The first-order valence-electron chi connectivity index (χ1n) is 13.3. The summed E-state index contributed by atoms with van der Waals surface area (Å²) in [4.78, 5) is 13.2. The molecule has 0 spiro atoms. The molecule has 3 rings (SSSR count). The number of nitrogens with two attached hydrogens (primary N) is 2. The van der Waals surface area contributed by atoms with Gasteiger partial charge in [-0.25, -0.2) is 0 Å². The first-order chi connectivity index (χ1) is 19.9. The zero-order valence-electron chi connectivity index (χ0n) is 24.1. The Kier molecular flexibility index (Phi) is 12.3. The summed E-state index contributed by atoms with van der Waals surface area (Å²) in [6.45, 7) is 1.14. The number of benzene rings is 2. The van der Waals surface area contributed by atoms with Crippen LogP contribution in [-0.2, 0) is 0 Å². The number of unbranched alkanes of at least 4 members (excludes halogenated alkanes) is 3. The lowest BCUT2D eigenvalue weighted by Crippen LogP contribution is -2.22. The lowest BCUT2D eigenvalue weighted by Gasteiger charge is -2.08. The highest BCUT2D eigenvalue weighted by atomic mass is 16.5. The van der Waals surface area contributed by atoms with E-state index in [0.717, 1.165) is 36.8 Å². The second-order valence-corrected chi connectivity index (χ2v) is 8.97. The van der Waals surface area contributed by atoms with Gasteiger partial charge < -0.3 is 35.2 Å². The molecule has 2 aromatic carbocycles. The quantitative estimate of drug-likeness (QED) is 0.140. The summed E-state index contributed by atoms with van der Waals surface area (Å²) in [5.74, 6) is 2.76. The fourth-order valence-corrected chi connectivity index (χ4v) is 3.91. The molecule has 10 heteroatoms. The Labute approximate surface area is 241 Å². The first kappa shape index (κ1) is 30.8. The summed E-state index contributed by atoms with van der Waals surface area (Å²) in [7, 11) is 6.44. The SMILES string of the molecule is COc1ccc(C=Cc2cc(C=Cc3ccc(OC)c(OC)c3)nc(OCCCCCCN=C(N)N)n2)cc1OC. The van der Waals surface area contributed by atoms with Crippen LogP contribution in [0, 0.1) is 0 Å². The summed E-state index contributed by atoms with van der Waals surface area (Å²) < 4.78 is 27.5. The minimum absolute atomic E-state index is 0.126. The third-order valence-corrected chi connectivity index (χ3v) is 6.03. The van der Waals surface area contributed by atoms with Gasteiger partial charge in [-0.15, -0.1) is 0 Å². The van der Waals surface area contributed by atoms with Crippen LogP contribution in [0.4, 0.5) is 0 Å². The summed E-state index contributed by atoms with van der Waals surface area (Å²) in [6.07, 6.45) is 11.5. The molecule has 10 nitrogen and oxygen atoms in total. The largest absolute Gasteiger partial charge is 0.493 e. The zero-order valence-corrected chi connectivity index (χ0v) is 24.1. The van der Waals surface area contributed by atoms with E-state index in [4.69, 9.17) is 35.2 Å². The number of hydrogen-bond donors (Lipinski definition) is 2. The molecule has 0 amide bonds. The number of nitrogens with zero attached hydrogens (tertiary/aromatic N) is 3. The van der Waals surface area contributed by atoms with Crippen molar-refractivity contribution in [2.45, 2.75) is 25.7 Å². The van der Waals surface area contributed by atoms with Crippen molar-refractivity contribution in [1.29, 1.82) is 0 Å². The second kappa shape index (κ2) is 16.4. The minimum atomic E-state index is 0.126. The average molecular weight is 562 g/mol. The number of aromatic nitrogens is 2. The van der Waals surface area contributed by atoms with Crippen LogP contribution >= 0.6 is 0 Å². The van der Waals surface area contributed by atoms with E-state index in [9.17, 15) is 0 Å². The molecule has 3 aromatic rings. The van der Waals surface area contributed by atoms with Crippen molar-refractivity contribution in [2.75, 3.05) is 41.6 Å². The van der Waals surface area contributed by atoms with Crippen LogP contribution < -0.4 is 35.2 Å². The van der Waals surface area contributed by atoms with Gasteiger partial charge in [0, 0.05) is 6.54 Å². The van der Waals surface area contributed by atoms with Crippen molar-refractivity contribution in [2.24, 2.45) is 16.5 Å². The maximum absolute atomic E-state index is 5.94. The van der Waals surface area contributed by atoms with Gasteiger partial charge in [0.15, 0.2) is 29.0 Å². The molecule has 0 aliphatic heterocycles. The molecule has 1 heterocycles. The fourth-order valence-electron chi connectivity index (χ4n) is 3.91. The smallest absolute Gasteiger partial charge is 0.317 e. The average Bonchev–Trinajstić information content (AvgIpc) is 2.99. The maximum atomic E-state index is 5.94. The normalized spacial score (nSPS) is 11.0. The van der Waals surface area contributed by atoms with Crippen LogP contribution in [0.3, 0.4) is 0 Å². The second-order valence-electron chi connectivity index (χ2n) is 8.97. The highest BCUT2D eigenvalue weighted by molar-refractivity contribution is 5.75. The number of methoxy groups -OCH3 is 4. The number of rotatable bonds is 16. The Morgan fingerprint density at radius 1 is 0.659 bits per heavy atom. The van der Waals surface area contributed by atoms with Crippen LogP contribution in [0.1, 0.15) is 48.2 Å². The summed E-state index contributed by atoms with van der Waals surface area (Å²) in [6, 6.07) is 13.6. The standard InChI is InChI=1S/C31H39N5O5/c1-37-26-15-11-22(19-28(26)39-3)9-13-24-21-25(14-10-23-12-16-27(38-2)29(20-23)40-4)36-31(35-24)41-18-8-6-5-7-17-34-30(32)33/h9-16,19-21H,5-8,17-18H2,1-4H3,(H4,32,33,34). The van der Waals surface area contributed by atoms with E-state index in [0.29, 0.717) is 53.5 Å². The predicted octanol–water partition coefficient (Wildman–Crippen LogP) is 5.06. The fraction of sp³-hybridized carbons (Fsp3) is 0.323. The van der Waals surface area contributed by atoms with Crippen molar-refractivity contribution < 1.29 is 23.7 Å². The van der Waals surface area contributed by atoms with Gasteiger partial charge in [-0.05, 0) is 72.9 Å². The molecule has 0 saturated carbocycles. The molecule has 0 bridgehead atoms. The van der Waals surface area contributed by atoms with E-state index in [1.165, 1.54) is 0 Å². The van der Waals surface area contributed by atoms with Gasteiger partial charge in [-0.2, -0.15) is 9.97 Å². The predicted molar refractivity (Wildman–Crippen MR) is 164 cm³/mol. The van der Waals surface area contributed by atoms with Crippen molar-refractivity contribution in [3.05, 3.63) is 65.0 Å². The van der Waals surface area contributed by atoms with Crippen LogP contribution in [-0.4, -0.2) is 57.5 Å². The van der Waals surface area contributed by atoms with E-state index in [2.05, 4.69) is 15.0 Å². The Bertz CT molecular complexity index is 1270. The molecule has 0 unspecified atom stereocenters. The highest BCUT2D eigenvalue weighted by Crippen LogP contribution is 2.29. The monoisotopic (exact) mass is 561 g/mol. The molecule has 218 valence electrons. The van der Waals surface area contributed by atoms with Gasteiger partial charge in [0.25, 0.3) is 0 Å². The van der Waals surface area contributed by atoms with Crippen molar-refractivity contribution in [1.82, 2.24) is 9.97 Å². The van der Waals surface area contributed by atoms with E-state index >= 15 is 0 Å².